The first-order valence-corrected chi connectivity index (χ1v) is 8.46. The SMILES string of the molecule is CCC(C)(C)C1CCC(=NNC(=O)c2cccc(OC)c2)CC1. The van der Waals surface area contributed by atoms with E-state index in [-0.39, 0.29) is 5.91 Å². The van der Waals surface area contributed by atoms with E-state index in [0.29, 0.717) is 16.7 Å². The molecule has 0 saturated heterocycles. The van der Waals surface area contributed by atoms with Gasteiger partial charge in [-0.2, -0.15) is 5.10 Å². The Morgan fingerprint density at radius 3 is 2.65 bits per heavy atom. The molecule has 0 aromatic heterocycles. The first kappa shape index (κ1) is 17.5. The van der Waals surface area contributed by atoms with Gasteiger partial charge >= 0.3 is 0 Å². The molecule has 0 spiro atoms. The third-order valence-corrected chi connectivity index (χ3v) is 5.23. The number of carbonyl (C=O) groups excluding carboxylic acids is 1. The Labute approximate surface area is 139 Å². The molecule has 0 heterocycles. The fourth-order valence-electron chi connectivity index (χ4n) is 3.09. The smallest absolute Gasteiger partial charge is 0.271 e. The molecule has 0 aliphatic heterocycles. The molecule has 0 atom stereocenters. The third-order valence-electron chi connectivity index (χ3n) is 5.23. The summed E-state index contributed by atoms with van der Waals surface area (Å²) in [4.78, 5) is 12.2. The molecule has 126 valence electrons. The van der Waals surface area contributed by atoms with E-state index < -0.39 is 0 Å². The molecule has 0 unspecified atom stereocenters. The molecule has 1 amide bonds. The molecule has 23 heavy (non-hydrogen) atoms. The van der Waals surface area contributed by atoms with Gasteiger partial charge in [-0.25, -0.2) is 5.43 Å². The minimum atomic E-state index is -0.188. The lowest BCUT2D eigenvalue weighted by molar-refractivity contribution is 0.0953. The van der Waals surface area contributed by atoms with Crippen LogP contribution in [0.5, 0.6) is 5.75 Å². The Hall–Kier alpha value is -1.84. The number of methoxy groups -OCH3 is 1. The summed E-state index contributed by atoms with van der Waals surface area (Å²) in [5.41, 5.74) is 4.74. The number of ether oxygens (including phenoxy) is 1. The van der Waals surface area contributed by atoms with E-state index in [4.69, 9.17) is 4.74 Å². The van der Waals surface area contributed by atoms with E-state index in [1.54, 1.807) is 25.3 Å². The molecular formula is C19H28N2O2. The number of carbonyl (C=O) groups is 1. The Bertz CT molecular complexity index is 568. The summed E-state index contributed by atoms with van der Waals surface area (Å²) in [6.07, 6.45) is 5.49. The zero-order chi connectivity index (χ0) is 16.9. The fourth-order valence-corrected chi connectivity index (χ4v) is 3.09. The molecule has 1 aliphatic carbocycles. The molecule has 1 saturated carbocycles. The zero-order valence-electron chi connectivity index (χ0n) is 14.7. The quantitative estimate of drug-likeness (QED) is 0.818. The molecule has 0 bridgehead atoms. The lowest BCUT2D eigenvalue weighted by Gasteiger charge is -2.36. The largest absolute Gasteiger partial charge is 0.497 e. The van der Waals surface area contributed by atoms with Crippen molar-refractivity contribution in [3.05, 3.63) is 29.8 Å². The van der Waals surface area contributed by atoms with Crippen LogP contribution in [0.1, 0.15) is 63.2 Å². The first-order valence-electron chi connectivity index (χ1n) is 8.46. The van der Waals surface area contributed by atoms with Crippen LogP contribution >= 0.6 is 0 Å². The maximum absolute atomic E-state index is 12.2. The van der Waals surface area contributed by atoms with Crippen molar-refractivity contribution in [2.45, 2.75) is 52.9 Å². The van der Waals surface area contributed by atoms with Gasteiger partial charge in [0.1, 0.15) is 5.75 Å². The van der Waals surface area contributed by atoms with E-state index in [0.717, 1.165) is 37.3 Å². The molecule has 1 aromatic rings. The summed E-state index contributed by atoms with van der Waals surface area (Å²) >= 11 is 0. The van der Waals surface area contributed by atoms with Crippen LogP contribution in [0.4, 0.5) is 0 Å². The van der Waals surface area contributed by atoms with Crippen molar-refractivity contribution >= 4 is 11.6 Å². The highest BCUT2D eigenvalue weighted by atomic mass is 16.5. The zero-order valence-corrected chi connectivity index (χ0v) is 14.7. The summed E-state index contributed by atoms with van der Waals surface area (Å²) in [5, 5.41) is 4.33. The van der Waals surface area contributed by atoms with Crippen LogP contribution < -0.4 is 10.2 Å². The van der Waals surface area contributed by atoms with Crippen LogP contribution in [-0.4, -0.2) is 18.7 Å². The second-order valence-corrected chi connectivity index (χ2v) is 6.97. The van der Waals surface area contributed by atoms with Gasteiger partial charge in [-0.05, 0) is 55.2 Å². The highest BCUT2D eigenvalue weighted by Gasteiger charge is 2.30. The minimum Gasteiger partial charge on any atom is -0.497 e. The summed E-state index contributed by atoms with van der Waals surface area (Å²) in [6, 6.07) is 7.10. The average Bonchev–Trinajstić information content (AvgIpc) is 2.60. The Kier molecular flexibility index (Phi) is 5.80. The average molecular weight is 316 g/mol. The molecule has 1 aliphatic rings. The van der Waals surface area contributed by atoms with Crippen LogP contribution in [0.3, 0.4) is 0 Å². The highest BCUT2D eigenvalue weighted by molar-refractivity contribution is 5.95. The number of nitrogens with zero attached hydrogens (tertiary/aromatic N) is 1. The van der Waals surface area contributed by atoms with Crippen molar-refractivity contribution in [2.24, 2.45) is 16.4 Å². The summed E-state index contributed by atoms with van der Waals surface area (Å²) < 4.78 is 5.14. The monoisotopic (exact) mass is 316 g/mol. The van der Waals surface area contributed by atoms with Crippen LogP contribution in [0.15, 0.2) is 29.4 Å². The fraction of sp³-hybridized carbons (Fsp3) is 0.579. The van der Waals surface area contributed by atoms with E-state index >= 15 is 0 Å². The number of nitrogens with one attached hydrogen (secondary N) is 1. The van der Waals surface area contributed by atoms with Crippen LogP contribution in [0.2, 0.25) is 0 Å². The molecule has 4 nitrogen and oxygen atoms in total. The molecule has 2 rings (SSSR count). The molecule has 1 aromatic carbocycles. The third kappa shape index (κ3) is 4.57. The number of hydrogen-bond donors (Lipinski definition) is 1. The Balaban J connectivity index is 1.90. The van der Waals surface area contributed by atoms with Gasteiger partial charge in [0.25, 0.3) is 5.91 Å². The lowest BCUT2D eigenvalue weighted by Crippen LogP contribution is -2.29. The van der Waals surface area contributed by atoms with E-state index in [2.05, 4.69) is 31.3 Å². The van der Waals surface area contributed by atoms with Gasteiger partial charge in [0.05, 0.1) is 7.11 Å². The number of hydrogen-bond acceptors (Lipinski definition) is 3. The lowest BCUT2D eigenvalue weighted by atomic mass is 9.69. The second-order valence-electron chi connectivity index (χ2n) is 6.97. The van der Waals surface area contributed by atoms with Gasteiger partial charge in [0.2, 0.25) is 0 Å². The van der Waals surface area contributed by atoms with Gasteiger partial charge in [-0.15, -0.1) is 0 Å². The van der Waals surface area contributed by atoms with Gasteiger partial charge < -0.3 is 4.74 Å². The number of amides is 1. The Morgan fingerprint density at radius 2 is 2.04 bits per heavy atom. The van der Waals surface area contributed by atoms with E-state index in [1.165, 1.54) is 6.42 Å². The predicted octanol–water partition coefficient (Wildman–Crippen LogP) is 4.41. The van der Waals surface area contributed by atoms with E-state index in [9.17, 15) is 4.79 Å². The van der Waals surface area contributed by atoms with Gasteiger partial charge in [-0.3, -0.25) is 4.79 Å². The van der Waals surface area contributed by atoms with Gasteiger partial charge in [-0.1, -0.05) is 33.3 Å². The molecular weight excluding hydrogens is 288 g/mol. The molecule has 1 fully saturated rings. The minimum absolute atomic E-state index is 0.188. The molecule has 0 radical (unpaired) electrons. The maximum Gasteiger partial charge on any atom is 0.271 e. The van der Waals surface area contributed by atoms with Crippen LogP contribution in [-0.2, 0) is 0 Å². The Morgan fingerprint density at radius 1 is 1.35 bits per heavy atom. The first-order chi connectivity index (χ1) is 11.0. The van der Waals surface area contributed by atoms with Gasteiger partial charge in [0.15, 0.2) is 0 Å². The number of rotatable bonds is 5. The molecule has 1 N–H and O–H groups in total. The van der Waals surface area contributed by atoms with Crippen LogP contribution in [0, 0.1) is 11.3 Å². The number of benzene rings is 1. The standard InChI is InChI=1S/C19H28N2O2/c1-5-19(2,3)15-9-11-16(12-10-15)20-21-18(22)14-7-6-8-17(13-14)23-4/h6-8,13,15H,5,9-12H2,1-4H3,(H,21,22). The highest BCUT2D eigenvalue weighted by Crippen LogP contribution is 2.39. The van der Waals surface area contributed by atoms with Crippen molar-refractivity contribution in [3.63, 3.8) is 0 Å². The molecule has 4 heteroatoms. The second kappa shape index (κ2) is 7.62. The summed E-state index contributed by atoms with van der Waals surface area (Å²) in [5.74, 6) is 1.24. The van der Waals surface area contributed by atoms with Crippen molar-refractivity contribution in [3.8, 4) is 5.75 Å². The van der Waals surface area contributed by atoms with Crippen molar-refractivity contribution in [1.82, 2.24) is 5.43 Å². The maximum atomic E-state index is 12.2. The van der Waals surface area contributed by atoms with Crippen molar-refractivity contribution < 1.29 is 9.53 Å². The predicted molar refractivity (Wildman–Crippen MR) is 93.9 cm³/mol. The summed E-state index contributed by atoms with van der Waals surface area (Å²) in [6.45, 7) is 6.96. The van der Waals surface area contributed by atoms with Crippen molar-refractivity contribution in [2.75, 3.05) is 7.11 Å². The van der Waals surface area contributed by atoms with Crippen molar-refractivity contribution in [1.29, 1.82) is 0 Å². The van der Waals surface area contributed by atoms with E-state index in [1.807, 2.05) is 6.07 Å². The topological polar surface area (TPSA) is 50.7 Å². The van der Waals surface area contributed by atoms with Gasteiger partial charge in [0, 0.05) is 11.3 Å². The summed E-state index contributed by atoms with van der Waals surface area (Å²) in [7, 11) is 1.59. The number of hydrazone groups is 1. The van der Waals surface area contributed by atoms with Crippen LogP contribution in [0.25, 0.3) is 0 Å². The normalized spacial score (nSPS) is 18.4.